The lowest BCUT2D eigenvalue weighted by atomic mass is 9.90. The number of para-hydroxylation sites is 1. The van der Waals surface area contributed by atoms with Gasteiger partial charge in [-0.15, -0.1) is 0 Å². The number of nitrogens with one attached hydrogen (secondary N) is 1. The van der Waals surface area contributed by atoms with E-state index < -0.39 is 5.60 Å². The molecule has 2 rings (SSSR count). The van der Waals surface area contributed by atoms with Crippen LogP contribution in [0.4, 0.5) is 4.39 Å². The predicted molar refractivity (Wildman–Crippen MR) is 72.4 cm³/mol. The van der Waals surface area contributed by atoms with Crippen LogP contribution in [0.1, 0.15) is 26.0 Å². The molecule has 0 amide bonds. The number of rotatable bonds is 5. The van der Waals surface area contributed by atoms with Crippen molar-refractivity contribution in [3.05, 3.63) is 36.0 Å². The molecular formula is C15H20FNO. The van der Waals surface area contributed by atoms with Gasteiger partial charge in [0.25, 0.3) is 0 Å². The second-order valence-corrected chi connectivity index (χ2v) is 5.52. The lowest BCUT2D eigenvalue weighted by Gasteiger charge is -2.25. The molecule has 3 heteroatoms. The normalized spacial score (nSPS) is 16.7. The van der Waals surface area contributed by atoms with E-state index in [1.54, 1.807) is 6.92 Å². The molecule has 0 saturated carbocycles. The number of aliphatic hydroxyl groups is 1. The Morgan fingerprint density at radius 3 is 2.78 bits per heavy atom. The topological polar surface area (TPSA) is 36.0 Å². The first kappa shape index (κ1) is 13.1. The summed E-state index contributed by atoms with van der Waals surface area (Å²) in [5, 5.41) is 11.4. The van der Waals surface area contributed by atoms with Gasteiger partial charge in [-0.1, -0.05) is 25.1 Å². The lowest BCUT2D eigenvalue weighted by Crippen LogP contribution is -2.30. The van der Waals surface area contributed by atoms with Crippen LogP contribution < -0.4 is 0 Å². The van der Waals surface area contributed by atoms with Crippen LogP contribution in [0.3, 0.4) is 0 Å². The molecule has 2 atom stereocenters. The van der Waals surface area contributed by atoms with Crippen molar-refractivity contribution in [2.75, 3.05) is 6.67 Å². The van der Waals surface area contributed by atoms with Crippen molar-refractivity contribution in [2.45, 2.75) is 32.3 Å². The van der Waals surface area contributed by atoms with Gasteiger partial charge in [-0.25, -0.2) is 0 Å². The average molecular weight is 249 g/mol. The Balaban J connectivity index is 2.12. The molecule has 1 aromatic heterocycles. The maximum atomic E-state index is 12.5. The number of fused-ring (bicyclic) bond motifs is 1. The quantitative estimate of drug-likeness (QED) is 0.836. The maximum Gasteiger partial charge on any atom is 0.0921 e. The van der Waals surface area contributed by atoms with Gasteiger partial charge in [-0.05, 0) is 36.8 Å². The number of hydrogen-bond acceptors (Lipinski definition) is 1. The van der Waals surface area contributed by atoms with E-state index in [9.17, 15) is 9.50 Å². The minimum Gasteiger partial charge on any atom is -0.390 e. The third-order valence-electron chi connectivity index (χ3n) is 3.21. The highest BCUT2D eigenvalue weighted by atomic mass is 19.1. The number of halogens is 1. The predicted octanol–water partition coefficient (Wildman–Crippen LogP) is 3.46. The number of aromatic nitrogens is 1. The van der Waals surface area contributed by atoms with Gasteiger partial charge in [0.05, 0.1) is 12.3 Å². The van der Waals surface area contributed by atoms with E-state index in [0.29, 0.717) is 12.8 Å². The second-order valence-electron chi connectivity index (χ2n) is 5.52. The van der Waals surface area contributed by atoms with Crippen LogP contribution in [0, 0.1) is 5.92 Å². The third kappa shape index (κ3) is 3.10. The molecule has 98 valence electrons. The zero-order chi connectivity index (χ0) is 13.2. The van der Waals surface area contributed by atoms with Gasteiger partial charge in [-0.3, -0.25) is 4.39 Å². The van der Waals surface area contributed by atoms with Crippen molar-refractivity contribution >= 4 is 10.9 Å². The molecule has 1 heterocycles. The van der Waals surface area contributed by atoms with Crippen molar-refractivity contribution < 1.29 is 9.50 Å². The first-order valence-corrected chi connectivity index (χ1v) is 6.35. The van der Waals surface area contributed by atoms with Crippen LogP contribution in [0.25, 0.3) is 10.9 Å². The molecule has 0 radical (unpaired) electrons. The summed E-state index contributed by atoms with van der Waals surface area (Å²) in [6, 6.07) is 10.1. The van der Waals surface area contributed by atoms with Crippen molar-refractivity contribution in [3.63, 3.8) is 0 Å². The Kier molecular flexibility index (Phi) is 3.71. The third-order valence-corrected chi connectivity index (χ3v) is 3.21. The Hall–Kier alpha value is -1.35. The van der Waals surface area contributed by atoms with Gasteiger partial charge >= 0.3 is 0 Å². The summed E-state index contributed by atoms with van der Waals surface area (Å²) in [5.74, 6) is -0.107. The Labute approximate surface area is 107 Å². The van der Waals surface area contributed by atoms with Crippen molar-refractivity contribution in [2.24, 2.45) is 5.92 Å². The van der Waals surface area contributed by atoms with Crippen molar-refractivity contribution in [3.8, 4) is 0 Å². The number of H-pyrrole nitrogens is 1. The van der Waals surface area contributed by atoms with E-state index >= 15 is 0 Å². The van der Waals surface area contributed by atoms with E-state index in [2.05, 4.69) is 4.98 Å². The minimum absolute atomic E-state index is 0.107. The Morgan fingerprint density at radius 2 is 2.11 bits per heavy atom. The van der Waals surface area contributed by atoms with Crippen LogP contribution in [0.2, 0.25) is 0 Å². The number of hydrogen-bond donors (Lipinski definition) is 2. The fourth-order valence-corrected chi connectivity index (χ4v) is 2.52. The molecular weight excluding hydrogens is 229 g/mol. The van der Waals surface area contributed by atoms with E-state index in [4.69, 9.17) is 0 Å². The molecule has 1 aromatic carbocycles. The smallest absolute Gasteiger partial charge is 0.0921 e. The summed E-state index contributed by atoms with van der Waals surface area (Å²) >= 11 is 0. The summed E-state index contributed by atoms with van der Waals surface area (Å²) in [4.78, 5) is 3.29. The fourth-order valence-electron chi connectivity index (χ4n) is 2.52. The zero-order valence-electron chi connectivity index (χ0n) is 10.9. The average Bonchev–Trinajstić information content (AvgIpc) is 2.68. The molecule has 2 nitrogen and oxygen atoms in total. The second kappa shape index (κ2) is 5.11. The highest BCUT2D eigenvalue weighted by Crippen LogP contribution is 2.24. The molecule has 0 fully saturated rings. The minimum atomic E-state index is -0.869. The van der Waals surface area contributed by atoms with Crippen molar-refractivity contribution in [1.29, 1.82) is 0 Å². The molecule has 0 aliphatic carbocycles. The van der Waals surface area contributed by atoms with E-state index in [1.807, 2.05) is 37.3 Å². The molecule has 2 unspecified atom stereocenters. The molecule has 0 spiro atoms. The zero-order valence-corrected chi connectivity index (χ0v) is 10.9. The number of alkyl halides is 1. The summed E-state index contributed by atoms with van der Waals surface area (Å²) in [6.45, 7) is 3.20. The molecule has 0 bridgehead atoms. The van der Waals surface area contributed by atoms with Crippen LogP contribution in [0.5, 0.6) is 0 Å². The number of benzene rings is 1. The summed E-state index contributed by atoms with van der Waals surface area (Å²) in [6.07, 6.45) is 0.991. The van der Waals surface area contributed by atoms with Crippen LogP contribution in [-0.4, -0.2) is 22.4 Å². The van der Waals surface area contributed by atoms with Crippen LogP contribution in [0.15, 0.2) is 30.3 Å². The fraction of sp³-hybridized carbons (Fsp3) is 0.467. The van der Waals surface area contributed by atoms with Crippen molar-refractivity contribution in [1.82, 2.24) is 4.98 Å². The lowest BCUT2D eigenvalue weighted by molar-refractivity contribution is 0.0321. The maximum absolute atomic E-state index is 12.5. The summed E-state index contributed by atoms with van der Waals surface area (Å²) in [7, 11) is 0. The Morgan fingerprint density at radius 1 is 1.39 bits per heavy atom. The molecule has 2 aromatic rings. The molecule has 18 heavy (non-hydrogen) atoms. The highest BCUT2D eigenvalue weighted by molar-refractivity contribution is 5.80. The van der Waals surface area contributed by atoms with Gasteiger partial charge in [0.2, 0.25) is 0 Å². The SMILES string of the molecule is CC(CF)CC(C)(O)Cc1cc2ccccc2[nH]1. The standard InChI is InChI=1S/C15H20FNO/c1-11(10-16)8-15(2,18)9-13-7-12-5-3-4-6-14(12)17-13/h3-7,11,17-18H,8-10H2,1-2H3. The van der Waals surface area contributed by atoms with Gasteiger partial charge in [0.15, 0.2) is 0 Å². The first-order valence-electron chi connectivity index (χ1n) is 6.35. The van der Waals surface area contributed by atoms with E-state index in [-0.39, 0.29) is 12.6 Å². The van der Waals surface area contributed by atoms with Gasteiger partial charge in [0, 0.05) is 17.6 Å². The monoisotopic (exact) mass is 249 g/mol. The van der Waals surface area contributed by atoms with E-state index in [1.165, 1.54) is 0 Å². The summed E-state index contributed by atoms with van der Waals surface area (Å²) < 4.78 is 12.5. The molecule has 2 N–H and O–H groups in total. The van der Waals surface area contributed by atoms with Gasteiger partial charge in [-0.2, -0.15) is 0 Å². The molecule has 0 aliphatic rings. The summed E-state index contributed by atoms with van der Waals surface area (Å²) in [5.41, 5.74) is 1.20. The number of aromatic amines is 1. The molecule has 0 aliphatic heterocycles. The van der Waals surface area contributed by atoms with Crippen LogP contribution in [-0.2, 0) is 6.42 Å². The largest absolute Gasteiger partial charge is 0.390 e. The van der Waals surface area contributed by atoms with Gasteiger partial charge in [0.1, 0.15) is 0 Å². The van der Waals surface area contributed by atoms with Crippen LogP contribution >= 0.6 is 0 Å². The first-order chi connectivity index (χ1) is 8.50. The van der Waals surface area contributed by atoms with Gasteiger partial charge < -0.3 is 10.1 Å². The highest BCUT2D eigenvalue weighted by Gasteiger charge is 2.24. The van der Waals surface area contributed by atoms with E-state index in [0.717, 1.165) is 16.6 Å². The Bertz CT molecular complexity index is 485. The molecule has 0 saturated heterocycles.